The highest BCUT2D eigenvalue weighted by Crippen LogP contribution is 2.29. The highest BCUT2D eigenvalue weighted by Gasteiger charge is 2.19. The van der Waals surface area contributed by atoms with E-state index in [1.54, 1.807) is 24.5 Å². The van der Waals surface area contributed by atoms with Gasteiger partial charge in [0.25, 0.3) is 5.91 Å². The van der Waals surface area contributed by atoms with Gasteiger partial charge in [0.05, 0.1) is 0 Å². The van der Waals surface area contributed by atoms with E-state index in [2.05, 4.69) is 26.8 Å². The number of imidazole rings is 1. The molecule has 2 aromatic heterocycles. The van der Waals surface area contributed by atoms with E-state index in [4.69, 9.17) is 0 Å². The zero-order chi connectivity index (χ0) is 16.8. The summed E-state index contributed by atoms with van der Waals surface area (Å²) in [4.78, 5) is 20.6. The van der Waals surface area contributed by atoms with Gasteiger partial charge >= 0.3 is 0 Å². The molecule has 0 aliphatic heterocycles. The lowest BCUT2D eigenvalue weighted by Gasteiger charge is -2.21. The average Bonchev–Trinajstić information content (AvgIpc) is 2.81. The van der Waals surface area contributed by atoms with Gasteiger partial charge in [-0.1, -0.05) is 25.7 Å². The maximum atomic E-state index is 12.1. The maximum Gasteiger partial charge on any atom is 0.251 e. The summed E-state index contributed by atoms with van der Waals surface area (Å²) in [6.07, 6.45) is 13.8. The number of rotatable bonds is 5. The first-order chi connectivity index (χ1) is 11.8. The zero-order valence-electron chi connectivity index (χ0n) is 14.4. The van der Waals surface area contributed by atoms with Crippen LogP contribution in [0.2, 0.25) is 0 Å². The monoisotopic (exact) mass is 326 g/mol. The van der Waals surface area contributed by atoms with Gasteiger partial charge in [0.2, 0.25) is 0 Å². The number of amides is 1. The van der Waals surface area contributed by atoms with Gasteiger partial charge in [-0.2, -0.15) is 0 Å². The van der Waals surface area contributed by atoms with Gasteiger partial charge in [-0.05, 0) is 31.9 Å². The fraction of sp³-hybridized carbons (Fsp3) is 0.526. The number of nitrogens with one attached hydrogen (secondary N) is 1. The van der Waals surface area contributed by atoms with Crippen molar-refractivity contribution in [2.75, 3.05) is 6.54 Å². The Bertz CT molecular complexity index is 657. The molecule has 5 heteroatoms. The number of hydrogen-bond acceptors (Lipinski definition) is 3. The van der Waals surface area contributed by atoms with Crippen molar-refractivity contribution in [1.82, 2.24) is 19.9 Å². The quantitative estimate of drug-likeness (QED) is 0.856. The van der Waals surface area contributed by atoms with Crippen LogP contribution in [0.5, 0.6) is 0 Å². The first kappa shape index (κ1) is 16.7. The Morgan fingerprint density at radius 3 is 2.62 bits per heavy atom. The number of carbonyl (C=O) groups excluding carboxylic acids is 1. The van der Waals surface area contributed by atoms with Gasteiger partial charge in [-0.25, -0.2) is 4.98 Å². The van der Waals surface area contributed by atoms with Crippen molar-refractivity contribution in [2.24, 2.45) is 0 Å². The molecular formula is C19H26N4O. The Morgan fingerprint density at radius 1 is 1.21 bits per heavy atom. The van der Waals surface area contributed by atoms with Crippen LogP contribution in [0, 0.1) is 6.92 Å². The van der Waals surface area contributed by atoms with E-state index < -0.39 is 0 Å². The Hall–Kier alpha value is -2.17. The normalized spacial score (nSPS) is 15.9. The Kier molecular flexibility index (Phi) is 5.62. The van der Waals surface area contributed by atoms with Crippen molar-refractivity contribution >= 4 is 5.91 Å². The number of hydrogen-bond donors (Lipinski definition) is 1. The molecule has 5 nitrogen and oxygen atoms in total. The second kappa shape index (κ2) is 8.08. The van der Waals surface area contributed by atoms with Gasteiger partial charge in [-0.15, -0.1) is 0 Å². The summed E-state index contributed by atoms with van der Waals surface area (Å²) in [5.41, 5.74) is 1.88. The summed E-state index contributed by atoms with van der Waals surface area (Å²) < 4.78 is 2.41. The molecule has 0 spiro atoms. The van der Waals surface area contributed by atoms with Crippen LogP contribution in [0.4, 0.5) is 0 Å². The molecule has 0 saturated heterocycles. The summed E-state index contributed by atoms with van der Waals surface area (Å²) in [6.45, 7) is 2.74. The SMILES string of the molecule is Cc1cnc(CCNC(=O)c2ccncc2)n1C1CCCCCC1. The van der Waals surface area contributed by atoms with E-state index in [-0.39, 0.29) is 5.91 Å². The molecule has 1 aliphatic carbocycles. The van der Waals surface area contributed by atoms with E-state index in [9.17, 15) is 4.79 Å². The Balaban J connectivity index is 1.60. The lowest BCUT2D eigenvalue weighted by atomic mass is 10.1. The number of pyridine rings is 1. The highest BCUT2D eigenvalue weighted by atomic mass is 16.1. The lowest BCUT2D eigenvalue weighted by Crippen LogP contribution is -2.27. The molecule has 2 heterocycles. The van der Waals surface area contributed by atoms with Crippen LogP contribution in [-0.2, 0) is 6.42 Å². The zero-order valence-corrected chi connectivity index (χ0v) is 14.4. The summed E-state index contributed by atoms with van der Waals surface area (Å²) in [6, 6.07) is 4.03. The van der Waals surface area contributed by atoms with Crippen LogP contribution in [-0.4, -0.2) is 27.0 Å². The van der Waals surface area contributed by atoms with Crippen LogP contribution >= 0.6 is 0 Å². The van der Waals surface area contributed by atoms with Gasteiger partial charge in [0.1, 0.15) is 5.82 Å². The lowest BCUT2D eigenvalue weighted by molar-refractivity contribution is 0.0953. The molecule has 0 atom stereocenters. The minimum Gasteiger partial charge on any atom is -0.352 e. The minimum atomic E-state index is -0.0540. The van der Waals surface area contributed by atoms with Gasteiger partial charge in [0.15, 0.2) is 0 Å². The average molecular weight is 326 g/mol. The molecule has 0 aromatic carbocycles. The second-order valence-corrected chi connectivity index (χ2v) is 6.57. The fourth-order valence-corrected chi connectivity index (χ4v) is 3.59. The standard InChI is InChI=1S/C19H26N4O/c1-15-14-22-18(23(15)17-6-4-2-3-5-7-17)10-13-21-19(24)16-8-11-20-12-9-16/h8-9,11-12,14,17H,2-7,10,13H2,1H3,(H,21,24). The first-order valence-electron chi connectivity index (χ1n) is 8.96. The molecule has 3 rings (SSSR count). The fourth-order valence-electron chi connectivity index (χ4n) is 3.59. The molecule has 0 bridgehead atoms. The van der Waals surface area contributed by atoms with Crippen molar-refractivity contribution < 1.29 is 4.79 Å². The molecule has 0 radical (unpaired) electrons. The molecule has 1 aliphatic rings. The number of carbonyl (C=O) groups is 1. The third-order valence-electron chi connectivity index (χ3n) is 4.82. The topological polar surface area (TPSA) is 59.8 Å². The largest absolute Gasteiger partial charge is 0.352 e. The minimum absolute atomic E-state index is 0.0540. The molecule has 128 valence electrons. The summed E-state index contributed by atoms with van der Waals surface area (Å²) in [5.74, 6) is 1.04. The first-order valence-corrected chi connectivity index (χ1v) is 8.96. The van der Waals surface area contributed by atoms with E-state index >= 15 is 0 Å². The van der Waals surface area contributed by atoms with Crippen LogP contribution in [0.3, 0.4) is 0 Å². The van der Waals surface area contributed by atoms with Gasteiger partial charge in [-0.3, -0.25) is 9.78 Å². The van der Waals surface area contributed by atoms with Crippen molar-refractivity contribution in [3.8, 4) is 0 Å². The molecular weight excluding hydrogens is 300 g/mol. The number of nitrogens with zero attached hydrogens (tertiary/aromatic N) is 3. The van der Waals surface area contributed by atoms with E-state index in [0.29, 0.717) is 18.2 Å². The van der Waals surface area contributed by atoms with E-state index in [0.717, 1.165) is 12.2 Å². The third kappa shape index (κ3) is 4.02. The molecule has 24 heavy (non-hydrogen) atoms. The Morgan fingerprint density at radius 2 is 1.92 bits per heavy atom. The molecule has 1 saturated carbocycles. The molecule has 1 amide bonds. The molecule has 0 unspecified atom stereocenters. The van der Waals surface area contributed by atoms with Crippen LogP contribution in [0.15, 0.2) is 30.7 Å². The molecule has 2 aromatic rings. The highest BCUT2D eigenvalue weighted by molar-refractivity contribution is 5.93. The van der Waals surface area contributed by atoms with E-state index in [1.807, 2.05) is 6.20 Å². The maximum absolute atomic E-state index is 12.1. The smallest absolute Gasteiger partial charge is 0.251 e. The second-order valence-electron chi connectivity index (χ2n) is 6.57. The van der Waals surface area contributed by atoms with Crippen LogP contribution < -0.4 is 5.32 Å². The summed E-state index contributed by atoms with van der Waals surface area (Å²) in [5, 5.41) is 2.98. The van der Waals surface area contributed by atoms with Gasteiger partial charge in [0, 0.05) is 48.9 Å². The predicted molar refractivity (Wildman–Crippen MR) is 94.0 cm³/mol. The predicted octanol–water partition coefficient (Wildman–Crippen LogP) is 3.45. The van der Waals surface area contributed by atoms with Crippen molar-refractivity contribution in [2.45, 2.75) is 57.9 Å². The van der Waals surface area contributed by atoms with E-state index in [1.165, 1.54) is 44.2 Å². The third-order valence-corrected chi connectivity index (χ3v) is 4.82. The van der Waals surface area contributed by atoms with Crippen LogP contribution in [0.1, 0.15) is 66.4 Å². The number of aromatic nitrogens is 3. The summed E-state index contributed by atoms with van der Waals surface area (Å²) in [7, 11) is 0. The molecule has 1 fully saturated rings. The number of aryl methyl sites for hydroxylation is 1. The van der Waals surface area contributed by atoms with Crippen molar-refractivity contribution in [1.29, 1.82) is 0 Å². The van der Waals surface area contributed by atoms with Crippen molar-refractivity contribution in [3.05, 3.63) is 47.8 Å². The van der Waals surface area contributed by atoms with Crippen molar-refractivity contribution in [3.63, 3.8) is 0 Å². The Labute approximate surface area is 143 Å². The molecule has 1 N–H and O–H groups in total. The van der Waals surface area contributed by atoms with Crippen LogP contribution in [0.25, 0.3) is 0 Å². The van der Waals surface area contributed by atoms with Gasteiger partial charge < -0.3 is 9.88 Å². The summed E-state index contributed by atoms with van der Waals surface area (Å²) >= 11 is 0.